The maximum absolute atomic E-state index is 8.82. The van der Waals surface area contributed by atoms with Crippen LogP contribution < -0.4 is 11.1 Å². The predicted octanol–water partition coefficient (Wildman–Crippen LogP) is 2.98. The first kappa shape index (κ1) is 12.4. The van der Waals surface area contributed by atoms with Crippen LogP contribution in [0.25, 0.3) is 0 Å². The highest BCUT2D eigenvalue weighted by molar-refractivity contribution is 6.33. The molecule has 18 heavy (non-hydrogen) atoms. The molecule has 2 aromatic rings. The predicted molar refractivity (Wildman–Crippen MR) is 70.9 cm³/mol. The molecule has 0 bridgehead atoms. The molecule has 5 nitrogen and oxygen atoms in total. The molecule has 0 aliphatic carbocycles. The van der Waals surface area contributed by atoms with Crippen molar-refractivity contribution in [1.82, 2.24) is 9.97 Å². The van der Waals surface area contributed by atoms with Crippen LogP contribution in [0.3, 0.4) is 0 Å². The van der Waals surface area contributed by atoms with E-state index in [9.17, 15) is 0 Å². The maximum atomic E-state index is 8.82. The van der Waals surface area contributed by atoms with Crippen LogP contribution >= 0.6 is 23.2 Å². The van der Waals surface area contributed by atoms with Gasteiger partial charge in [0.05, 0.1) is 22.3 Å². The number of aromatic nitrogens is 2. The lowest BCUT2D eigenvalue weighted by Crippen LogP contribution is -2.00. The molecule has 1 heterocycles. The van der Waals surface area contributed by atoms with Crippen molar-refractivity contribution in [3.63, 3.8) is 0 Å². The molecule has 90 valence electrons. The van der Waals surface area contributed by atoms with Gasteiger partial charge in [-0.1, -0.05) is 23.2 Å². The molecule has 1 aromatic carbocycles. The number of anilines is 3. The Balaban J connectivity index is 2.36. The molecule has 0 atom stereocenters. The average molecular weight is 280 g/mol. The Morgan fingerprint density at radius 2 is 2.00 bits per heavy atom. The Morgan fingerprint density at radius 1 is 1.22 bits per heavy atom. The molecule has 0 aliphatic heterocycles. The largest absolute Gasteiger partial charge is 0.368 e. The van der Waals surface area contributed by atoms with Gasteiger partial charge in [-0.05, 0) is 18.2 Å². The van der Waals surface area contributed by atoms with E-state index in [-0.39, 0.29) is 11.1 Å². The van der Waals surface area contributed by atoms with Crippen molar-refractivity contribution in [2.24, 2.45) is 0 Å². The van der Waals surface area contributed by atoms with E-state index in [1.165, 1.54) is 6.07 Å². The maximum Gasteiger partial charge on any atom is 0.223 e. The van der Waals surface area contributed by atoms with Crippen molar-refractivity contribution in [1.29, 1.82) is 5.26 Å². The molecular weight excluding hydrogens is 273 g/mol. The van der Waals surface area contributed by atoms with E-state index >= 15 is 0 Å². The highest BCUT2D eigenvalue weighted by Gasteiger charge is 2.05. The highest BCUT2D eigenvalue weighted by Crippen LogP contribution is 2.26. The third-order valence-corrected chi connectivity index (χ3v) is 2.59. The topological polar surface area (TPSA) is 87.6 Å². The fraction of sp³-hybridized carbons (Fsp3) is 0. The summed E-state index contributed by atoms with van der Waals surface area (Å²) in [5.41, 5.74) is 6.50. The van der Waals surface area contributed by atoms with E-state index in [4.69, 9.17) is 34.2 Å². The van der Waals surface area contributed by atoms with Crippen LogP contribution in [-0.2, 0) is 0 Å². The minimum atomic E-state index is 0.0533. The van der Waals surface area contributed by atoms with Crippen molar-refractivity contribution in [2.75, 3.05) is 11.1 Å². The lowest BCUT2D eigenvalue weighted by Gasteiger charge is -2.08. The number of hydrogen-bond acceptors (Lipinski definition) is 5. The minimum Gasteiger partial charge on any atom is -0.368 e. The van der Waals surface area contributed by atoms with Crippen LogP contribution in [-0.4, -0.2) is 9.97 Å². The first-order valence-electron chi connectivity index (χ1n) is 4.85. The van der Waals surface area contributed by atoms with Crippen molar-refractivity contribution in [3.8, 4) is 6.07 Å². The van der Waals surface area contributed by atoms with Crippen LogP contribution in [0.5, 0.6) is 0 Å². The summed E-state index contributed by atoms with van der Waals surface area (Å²) in [6, 6.07) is 8.37. The third kappa shape index (κ3) is 2.80. The molecule has 0 saturated carbocycles. The summed E-state index contributed by atoms with van der Waals surface area (Å²) in [5.74, 6) is 0.460. The standard InChI is InChI=1S/C11H7Cl2N5/c12-7-2-1-6(5-14)3-8(7)16-10-4-9(13)17-11(15)18-10/h1-4H,(H3,15,16,17,18). The number of nitrogens with two attached hydrogens (primary N) is 1. The molecule has 0 unspecified atom stereocenters. The number of nitriles is 1. The lowest BCUT2D eigenvalue weighted by molar-refractivity contribution is 1.18. The second-order valence-electron chi connectivity index (χ2n) is 3.37. The molecule has 0 amide bonds. The van der Waals surface area contributed by atoms with Gasteiger partial charge in [-0.2, -0.15) is 10.2 Å². The van der Waals surface area contributed by atoms with Crippen molar-refractivity contribution >= 4 is 40.7 Å². The zero-order valence-corrected chi connectivity index (χ0v) is 10.5. The second-order valence-corrected chi connectivity index (χ2v) is 4.16. The monoisotopic (exact) mass is 279 g/mol. The molecule has 3 N–H and O–H groups in total. The molecule has 0 spiro atoms. The van der Waals surface area contributed by atoms with Crippen molar-refractivity contribution < 1.29 is 0 Å². The SMILES string of the molecule is N#Cc1ccc(Cl)c(Nc2cc(Cl)nc(N)n2)c1. The number of rotatable bonds is 2. The van der Waals surface area contributed by atoms with Gasteiger partial charge in [0.2, 0.25) is 5.95 Å². The summed E-state index contributed by atoms with van der Waals surface area (Å²) >= 11 is 11.8. The van der Waals surface area contributed by atoms with E-state index in [1.807, 2.05) is 6.07 Å². The molecule has 2 rings (SSSR count). The Labute approximate surface area is 113 Å². The van der Waals surface area contributed by atoms with E-state index in [2.05, 4.69) is 15.3 Å². The van der Waals surface area contributed by atoms with Gasteiger partial charge in [0.15, 0.2) is 0 Å². The molecule has 7 heteroatoms. The van der Waals surface area contributed by atoms with Gasteiger partial charge < -0.3 is 11.1 Å². The summed E-state index contributed by atoms with van der Waals surface area (Å²) in [6.07, 6.45) is 0. The molecular formula is C11H7Cl2N5. The number of nitrogens with one attached hydrogen (secondary N) is 1. The number of halogens is 2. The fourth-order valence-corrected chi connectivity index (χ4v) is 1.68. The van der Waals surface area contributed by atoms with Crippen LogP contribution in [0.1, 0.15) is 5.56 Å². The quantitative estimate of drug-likeness (QED) is 0.825. The molecule has 0 saturated heterocycles. The first-order chi connectivity index (χ1) is 8.58. The van der Waals surface area contributed by atoms with Gasteiger partial charge in [0, 0.05) is 6.07 Å². The molecule has 0 fully saturated rings. The Bertz CT molecular complexity index is 616. The highest BCUT2D eigenvalue weighted by atomic mass is 35.5. The van der Waals surface area contributed by atoms with Gasteiger partial charge in [0.25, 0.3) is 0 Å². The van der Waals surface area contributed by atoms with Crippen molar-refractivity contribution in [3.05, 3.63) is 40.0 Å². The zero-order chi connectivity index (χ0) is 13.1. The van der Waals surface area contributed by atoms with Gasteiger partial charge >= 0.3 is 0 Å². The average Bonchev–Trinajstić information content (AvgIpc) is 2.30. The van der Waals surface area contributed by atoms with Gasteiger partial charge in [0.1, 0.15) is 11.0 Å². The minimum absolute atomic E-state index is 0.0533. The van der Waals surface area contributed by atoms with Crippen LogP contribution in [0.2, 0.25) is 10.2 Å². The van der Waals surface area contributed by atoms with E-state index in [0.717, 1.165) is 0 Å². The summed E-state index contributed by atoms with van der Waals surface area (Å²) in [7, 11) is 0. The third-order valence-electron chi connectivity index (χ3n) is 2.07. The Kier molecular flexibility index (Phi) is 3.51. The Hall–Kier alpha value is -2.03. The van der Waals surface area contributed by atoms with Crippen LogP contribution in [0, 0.1) is 11.3 Å². The fourth-order valence-electron chi connectivity index (χ4n) is 1.33. The van der Waals surface area contributed by atoms with Crippen LogP contribution in [0.15, 0.2) is 24.3 Å². The summed E-state index contributed by atoms with van der Waals surface area (Å²) in [6.45, 7) is 0. The number of nitrogens with zero attached hydrogens (tertiary/aromatic N) is 3. The molecule has 0 radical (unpaired) electrons. The normalized spacial score (nSPS) is 9.83. The number of nitrogen functional groups attached to an aromatic ring is 1. The molecule has 0 aliphatic rings. The van der Waals surface area contributed by atoms with Crippen LogP contribution in [0.4, 0.5) is 17.5 Å². The summed E-state index contributed by atoms with van der Waals surface area (Å²) in [5, 5.41) is 12.4. The lowest BCUT2D eigenvalue weighted by atomic mass is 10.2. The zero-order valence-electron chi connectivity index (χ0n) is 8.98. The summed E-state index contributed by atoms with van der Waals surface area (Å²) in [4.78, 5) is 7.69. The van der Waals surface area contributed by atoms with Gasteiger partial charge in [-0.25, -0.2) is 4.98 Å². The van der Waals surface area contributed by atoms with E-state index < -0.39 is 0 Å². The summed E-state index contributed by atoms with van der Waals surface area (Å²) < 4.78 is 0. The smallest absolute Gasteiger partial charge is 0.223 e. The van der Waals surface area contributed by atoms with Gasteiger partial charge in [-0.3, -0.25) is 0 Å². The van der Waals surface area contributed by atoms with E-state index in [1.54, 1.807) is 18.2 Å². The number of benzene rings is 1. The van der Waals surface area contributed by atoms with Gasteiger partial charge in [-0.15, -0.1) is 0 Å². The van der Waals surface area contributed by atoms with E-state index in [0.29, 0.717) is 22.1 Å². The molecule has 1 aromatic heterocycles. The first-order valence-corrected chi connectivity index (χ1v) is 5.61. The Morgan fingerprint density at radius 3 is 2.67 bits per heavy atom. The van der Waals surface area contributed by atoms with Crippen molar-refractivity contribution in [2.45, 2.75) is 0 Å². The second kappa shape index (κ2) is 5.08. The number of hydrogen-bond donors (Lipinski definition) is 2.